The highest BCUT2D eigenvalue weighted by molar-refractivity contribution is 7.89. The number of unbranched alkanes of at least 4 members (excludes halogenated alkanes) is 1. The molecule has 0 bridgehead atoms. The van der Waals surface area contributed by atoms with Crippen molar-refractivity contribution in [3.63, 3.8) is 0 Å². The fraction of sp³-hybridized carbons (Fsp3) is 0.417. The van der Waals surface area contributed by atoms with Crippen molar-refractivity contribution < 1.29 is 37.4 Å². The van der Waals surface area contributed by atoms with E-state index in [1.807, 2.05) is 48.5 Å². The Morgan fingerprint density at radius 3 is 2.06 bits per heavy atom. The Labute approximate surface area is 282 Å². The molecule has 0 unspecified atom stereocenters. The van der Waals surface area contributed by atoms with Crippen LogP contribution in [-0.4, -0.2) is 63.8 Å². The minimum atomic E-state index is -3.82. The number of alkyl carbamates (subject to hydrolysis) is 1. The van der Waals surface area contributed by atoms with Crippen LogP contribution in [0.5, 0.6) is 5.75 Å². The summed E-state index contributed by atoms with van der Waals surface area (Å²) in [6, 6.07) is 15.3. The van der Waals surface area contributed by atoms with E-state index in [1.54, 1.807) is 40.7 Å². The molecule has 0 aromatic heterocycles. The number of carbonyl (C=O) groups is 3. The van der Waals surface area contributed by atoms with E-state index in [0.717, 1.165) is 27.8 Å². The third-order valence-electron chi connectivity index (χ3n) is 8.86. The average molecular weight is 680 g/mol. The van der Waals surface area contributed by atoms with Crippen molar-refractivity contribution in [2.24, 2.45) is 5.92 Å². The molecule has 3 aromatic rings. The summed E-state index contributed by atoms with van der Waals surface area (Å²) < 4.78 is 39.7. The molecule has 258 valence electrons. The van der Waals surface area contributed by atoms with Crippen LogP contribution in [0.2, 0.25) is 0 Å². The summed E-state index contributed by atoms with van der Waals surface area (Å²) >= 11 is 0. The van der Waals surface area contributed by atoms with Gasteiger partial charge in [0.05, 0.1) is 12.0 Å². The predicted octanol–water partition coefficient (Wildman–Crippen LogP) is 5.20. The second kappa shape index (κ2) is 15.7. The van der Waals surface area contributed by atoms with Gasteiger partial charge in [-0.05, 0) is 91.0 Å². The Kier molecular flexibility index (Phi) is 11.9. The number of aryl methyl sites for hydroxylation is 1. The van der Waals surface area contributed by atoms with E-state index in [-0.39, 0.29) is 36.3 Å². The van der Waals surface area contributed by atoms with Crippen LogP contribution in [0.1, 0.15) is 66.8 Å². The number of aliphatic carboxylic acids is 1. The first-order valence-electron chi connectivity index (χ1n) is 16.1. The second-order valence-electron chi connectivity index (χ2n) is 12.5. The summed E-state index contributed by atoms with van der Waals surface area (Å²) in [5, 5.41) is 14.9. The molecule has 1 aliphatic carbocycles. The summed E-state index contributed by atoms with van der Waals surface area (Å²) in [6.45, 7) is 8.87. The molecule has 0 heterocycles. The Bertz CT molecular complexity index is 1730. The number of hydrogen-bond donors (Lipinski definition) is 4. The lowest BCUT2D eigenvalue weighted by Crippen LogP contribution is -2.53. The van der Waals surface area contributed by atoms with Gasteiger partial charge in [-0.15, -0.1) is 0 Å². The van der Waals surface area contributed by atoms with Crippen LogP contribution in [0.25, 0.3) is 11.1 Å². The fourth-order valence-electron chi connectivity index (χ4n) is 6.22. The van der Waals surface area contributed by atoms with E-state index in [9.17, 15) is 27.9 Å². The molecule has 0 saturated heterocycles. The number of carbonyl (C=O) groups excluding carboxylic acids is 2. The Hall–Kier alpha value is -4.42. The number of fused-ring (bicyclic) bond motifs is 3. The van der Waals surface area contributed by atoms with Gasteiger partial charge in [-0.1, -0.05) is 62.4 Å². The number of carboxylic acid groups (broad SMARTS) is 1. The number of amides is 2. The molecule has 0 saturated carbocycles. The molecule has 4 rings (SSSR count). The maximum atomic E-state index is 13.2. The van der Waals surface area contributed by atoms with Gasteiger partial charge in [-0.3, -0.25) is 4.79 Å². The van der Waals surface area contributed by atoms with Crippen molar-refractivity contribution in [3.8, 4) is 16.9 Å². The number of hydrogen-bond acceptors (Lipinski definition) is 7. The van der Waals surface area contributed by atoms with Gasteiger partial charge >= 0.3 is 12.1 Å². The third kappa shape index (κ3) is 8.16. The molecule has 4 N–H and O–H groups in total. The van der Waals surface area contributed by atoms with E-state index < -0.39 is 40.1 Å². The zero-order valence-corrected chi connectivity index (χ0v) is 29.1. The SMILES string of the molecule is COc1cc(C)c(S(=O)(=O)NCCCC[C@H](NC(=O)[C@@H](NC(=O)OCC2c3ccccc3-c3ccccc32)C(C)C)C(=O)O)c(C)c1C. The van der Waals surface area contributed by atoms with Crippen molar-refractivity contribution in [2.75, 3.05) is 20.3 Å². The monoisotopic (exact) mass is 679 g/mol. The Morgan fingerprint density at radius 1 is 0.896 bits per heavy atom. The van der Waals surface area contributed by atoms with Crippen molar-refractivity contribution in [1.29, 1.82) is 0 Å². The molecule has 3 aromatic carbocycles. The van der Waals surface area contributed by atoms with Crippen molar-refractivity contribution in [1.82, 2.24) is 15.4 Å². The number of methoxy groups -OCH3 is 1. The first-order valence-corrected chi connectivity index (χ1v) is 17.5. The van der Waals surface area contributed by atoms with Gasteiger partial charge in [0.2, 0.25) is 15.9 Å². The minimum absolute atomic E-state index is 0.0677. The zero-order chi connectivity index (χ0) is 35.2. The van der Waals surface area contributed by atoms with Gasteiger partial charge in [-0.2, -0.15) is 0 Å². The minimum Gasteiger partial charge on any atom is -0.496 e. The van der Waals surface area contributed by atoms with Gasteiger partial charge in [0.1, 0.15) is 24.4 Å². The normalized spacial score (nSPS) is 13.7. The highest BCUT2D eigenvalue weighted by Crippen LogP contribution is 2.44. The van der Waals surface area contributed by atoms with E-state index in [1.165, 1.54) is 7.11 Å². The lowest BCUT2D eigenvalue weighted by atomic mass is 9.98. The summed E-state index contributed by atoms with van der Waals surface area (Å²) in [5.41, 5.74) is 6.19. The third-order valence-corrected chi connectivity index (χ3v) is 10.6. The molecule has 0 spiro atoms. The average Bonchev–Trinajstić information content (AvgIpc) is 3.36. The lowest BCUT2D eigenvalue weighted by molar-refractivity contribution is -0.142. The maximum Gasteiger partial charge on any atom is 0.407 e. The van der Waals surface area contributed by atoms with Crippen LogP contribution < -0.4 is 20.1 Å². The number of benzene rings is 3. The smallest absolute Gasteiger partial charge is 0.407 e. The molecule has 2 atom stereocenters. The molecule has 1 aliphatic rings. The van der Waals surface area contributed by atoms with E-state index in [2.05, 4.69) is 15.4 Å². The van der Waals surface area contributed by atoms with E-state index in [0.29, 0.717) is 29.7 Å². The number of ether oxygens (including phenoxy) is 2. The van der Waals surface area contributed by atoms with Crippen molar-refractivity contribution in [2.45, 2.75) is 76.8 Å². The second-order valence-corrected chi connectivity index (χ2v) is 14.2. The predicted molar refractivity (Wildman–Crippen MR) is 183 cm³/mol. The number of carboxylic acids is 1. The molecular weight excluding hydrogens is 634 g/mol. The Morgan fingerprint density at radius 2 is 1.50 bits per heavy atom. The fourth-order valence-corrected chi connectivity index (χ4v) is 7.82. The largest absolute Gasteiger partial charge is 0.496 e. The van der Waals surface area contributed by atoms with Crippen LogP contribution in [0.15, 0.2) is 59.5 Å². The summed E-state index contributed by atoms with van der Waals surface area (Å²) in [7, 11) is -2.29. The summed E-state index contributed by atoms with van der Waals surface area (Å²) in [4.78, 5) is 38.3. The van der Waals surface area contributed by atoms with Crippen LogP contribution >= 0.6 is 0 Å². The highest BCUT2D eigenvalue weighted by Gasteiger charge is 2.32. The van der Waals surface area contributed by atoms with E-state index in [4.69, 9.17) is 9.47 Å². The molecule has 0 radical (unpaired) electrons. The molecule has 0 fully saturated rings. The van der Waals surface area contributed by atoms with Crippen LogP contribution in [0.3, 0.4) is 0 Å². The summed E-state index contributed by atoms with van der Waals surface area (Å²) in [6.07, 6.45) is -0.0380. The molecule has 12 heteroatoms. The Balaban J connectivity index is 1.29. The quantitative estimate of drug-likeness (QED) is 0.160. The molecular formula is C36H45N3O8S. The van der Waals surface area contributed by atoms with Gasteiger partial charge in [0, 0.05) is 12.5 Å². The standard InChI is InChI=1S/C36H45N3O8S/c1-21(2)32(39-36(43)47-20-29-27-15-9-7-13-25(27)26-14-8-10-16-28(26)29)34(40)38-30(35(41)42)17-11-12-18-37-48(44,45)33-22(3)19-31(46-6)23(4)24(33)5/h7-10,13-16,19,21,29-30,32,37H,11-12,17-18,20H2,1-6H3,(H,38,40)(H,39,43)(H,41,42)/t30-,32-/m0/s1. The topological polar surface area (TPSA) is 160 Å². The van der Waals surface area contributed by atoms with E-state index >= 15 is 0 Å². The zero-order valence-electron chi connectivity index (χ0n) is 28.3. The first-order chi connectivity index (χ1) is 22.8. The summed E-state index contributed by atoms with van der Waals surface area (Å²) in [5.74, 6) is -1.77. The van der Waals surface area contributed by atoms with Gasteiger partial charge in [-0.25, -0.2) is 22.7 Å². The highest BCUT2D eigenvalue weighted by atomic mass is 32.2. The van der Waals surface area contributed by atoms with Crippen LogP contribution in [0.4, 0.5) is 4.79 Å². The van der Waals surface area contributed by atoms with Gasteiger partial charge in [0.25, 0.3) is 0 Å². The lowest BCUT2D eigenvalue weighted by Gasteiger charge is -2.24. The number of nitrogens with one attached hydrogen (secondary N) is 3. The van der Waals surface area contributed by atoms with Crippen molar-refractivity contribution >= 4 is 28.0 Å². The molecule has 11 nitrogen and oxygen atoms in total. The van der Waals surface area contributed by atoms with Crippen LogP contribution in [0, 0.1) is 26.7 Å². The van der Waals surface area contributed by atoms with Crippen molar-refractivity contribution in [3.05, 3.63) is 82.4 Å². The van der Waals surface area contributed by atoms with Gasteiger partial charge < -0.3 is 25.2 Å². The van der Waals surface area contributed by atoms with Gasteiger partial charge in [0.15, 0.2) is 0 Å². The molecule has 2 amide bonds. The number of sulfonamides is 1. The number of rotatable bonds is 15. The maximum absolute atomic E-state index is 13.2. The molecule has 0 aliphatic heterocycles. The molecule has 48 heavy (non-hydrogen) atoms. The first kappa shape index (κ1) is 36.4. The van der Waals surface area contributed by atoms with Crippen LogP contribution in [-0.2, 0) is 24.3 Å².